The van der Waals surface area contributed by atoms with E-state index in [4.69, 9.17) is 40.1 Å². The van der Waals surface area contributed by atoms with E-state index in [2.05, 4.69) is 77.8 Å². The van der Waals surface area contributed by atoms with Gasteiger partial charge in [-0.2, -0.15) is 25.3 Å². The Morgan fingerprint density at radius 3 is 1.38 bits per heavy atom. The molecule has 0 aliphatic rings. The fraction of sp³-hybridized carbons (Fsp3) is 0.667. The van der Waals surface area contributed by atoms with Crippen LogP contribution in [0.2, 0.25) is 0 Å². The molecule has 9 atom stereocenters. The number of carbonyl (C=O) groups excluding carboxylic acids is 10. The number of aliphatic imine (C=N–C) groups is 2. The predicted octanol–water partition coefficient (Wildman–Crippen LogP) is -8.56. The second-order valence-corrected chi connectivity index (χ2v) is 17.1. The van der Waals surface area contributed by atoms with Crippen LogP contribution in [0.1, 0.15) is 72.1 Å². The smallest absolute Gasteiger partial charge is 0.327 e. The number of hydrogen-bond acceptors (Lipinski definition) is 17. The maximum atomic E-state index is 13.9. The van der Waals surface area contributed by atoms with Gasteiger partial charge in [0.15, 0.2) is 11.9 Å². The number of hydrogen-bond donors (Lipinski definition) is 19. The number of nitrogens with zero attached hydrogens (tertiary/aromatic N) is 2. The highest BCUT2D eigenvalue weighted by Crippen LogP contribution is 2.09. The Hall–Kier alpha value is -6.67. The second kappa shape index (κ2) is 33.8. The fourth-order valence-electron chi connectivity index (χ4n) is 6.03. The summed E-state index contributed by atoms with van der Waals surface area (Å²) in [6, 6.07) is -11.9. The maximum absolute atomic E-state index is 13.9. The number of nitrogens with one attached hydrogen (secondary N) is 8. The maximum Gasteiger partial charge on any atom is 0.327 e. The third-order valence-electron chi connectivity index (χ3n) is 9.68. The van der Waals surface area contributed by atoms with Crippen molar-refractivity contribution in [1.29, 1.82) is 0 Å². The minimum Gasteiger partial charge on any atom is -0.480 e. The first-order valence-corrected chi connectivity index (χ1v) is 23.3. The number of aliphatic carboxylic acids is 1. The van der Waals surface area contributed by atoms with Gasteiger partial charge in [-0.25, -0.2) is 4.79 Å². The van der Waals surface area contributed by atoms with Gasteiger partial charge in [-0.05, 0) is 51.4 Å². The summed E-state index contributed by atoms with van der Waals surface area (Å²) >= 11 is 7.90. The van der Waals surface area contributed by atoms with Crippen molar-refractivity contribution in [2.24, 2.45) is 56.0 Å². The molecule has 24 N–H and O–H groups in total. The van der Waals surface area contributed by atoms with Crippen molar-refractivity contribution in [2.45, 2.75) is 127 Å². The van der Waals surface area contributed by atoms with E-state index in [-0.39, 0.29) is 74.5 Å². The van der Waals surface area contributed by atoms with Gasteiger partial charge in [0, 0.05) is 31.0 Å². The van der Waals surface area contributed by atoms with Crippen molar-refractivity contribution in [3.05, 3.63) is 0 Å². The van der Waals surface area contributed by atoms with Crippen LogP contribution in [-0.4, -0.2) is 173 Å². The van der Waals surface area contributed by atoms with Crippen LogP contribution >= 0.6 is 25.3 Å². The van der Waals surface area contributed by atoms with Gasteiger partial charge in [-0.3, -0.25) is 57.9 Å². The first-order chi connectivity index (χ1) is 33.1. The molecule has 0 saturated heterocycles. The molecule has 402 valence electrons. The number of primary amides is 2. The number of rotatable bonds is 35. The average Bonchev–Trinajstić information content (AvgIpc) is 3.27. The Morgan fingerprint density at radius 1 is 0.535 bits per heavy atom. The van der Waals surface area contributed by atoms with E-state index in [9.17, 15) is 63.0 Å². The molecule has 0 saturated carbocycles. The van der Waals surface area contributed by atoms with Gasteiger partial charge in [0.05, 0.1) is 25.1 Å². The summed E-state index contributed by atoms with van der Waals surface area (Å²) in [6.45, 7) is 3.63. The number of carbonyl (C=O) groups is 11. The zero-order chi connectivity index (χ0) is 54.5. The van der Waals surface area contributed by atoms with E-state index in [0.29, 0.717) is 0 Å². The Balaban J connectivity index is 6.47. The molecule has 0 bridgehead atoms. The van der Waals surface area contributed by atoms with Crippen LogP contribution in [0.5, 0.6) is 0 Å². The minimum atomic E-state index is -1.81. The molecule has 0 aliphatic heterocycles. The number of nitrogens with two attached hydrogens (primary N) is 7. The van der Waals surface area contributed by atoms with Gasteiger partial charge >= 0.3 is 5.97 Å². The molecular weight excluding hydrogens is 979 g/mol. The molecule has 0 aromatic rings. The molecule has 71 heavy (non-hydrogen) atoms. The largest absolute Gasteiger partial charge is 0.480 e. The molecule has 10 amide bonds. The van der Waals surface area contributed by atoms with Crippen molar-refractivity contribution in [3.8, 4) is 0 Å². The lowest BCUT2D eigenvalue weighted by molar-refractivity contribution is -0.141. The van der Waals surface area contributed by atoms with Crippen LogP contribution in [0.25, 0.3) is 0 Å². The molecule has 0 heterocycles. The fourth-order valence-corrected chi connectivity index (χ4v) is 6.45. The molecule has 0 aliphatic carbocycles. The molecule has 0 aromatic carbocycles. The molecule has 30 nitrogen and oxygen atoms in total. The average molecular weight is 1050 g/mol. The van der Waals surface area contributed by atoms with E-state index < -0.39 is 145 Å². The lowest BCUT2D eigenvalue weighted by Gasteiger charge is -2.27. The van der Waals surface area contributed by atoms with Crippen molar-refractivity contribution in [2.75, 3.05) is 31.1 Å². The van der Waals surface area contributed by atoms with E-state index in [1.807, 2.05) is 0 Å². The summed E-state index contributed by atoms with van der Waals surface area (Å²) in [7, 11) is 0. The lowest BCUT2D eigenvalue weighted by atomic mass is 10.0. The van der Waals surface area contributed by atoms with Crippen molar-refractivity contribution < 1.29 is 63.0 Å². The third-order valence-corrected chi connectivity index (χ3v) is 10.4. The molecule has 0 spiro atoms. The normalized spacial score (nSPS) is 14.6. The van der Waals surface area contributed by atoms with Crippen LogP contribution in [0.15, 0.2) is 9.98 Å². The summed E-state index contributed by atoms with van der Waals surface area (Å²) in [5, 5.41) is 38.3. The van der Waals surface area contributed by atoms with E-state index in [1.54, 1.807) is 13.8 Å². The number of thiol groups is 2. The molecular formula is C39H71N17O13S2. The molecule has 0 aromatic heterocycles. The second-order valence-electron chi connectivity index (χ2n) is 16.4. The summed E-state index contributed by atoms with van der Waals surface area (Å²) in [6.07, 6.45) is -3.44. The van der Waals surface area contributed by atoms with Gasteiger partial charge in [0.25, 0.3) is 0 Å². The molecule has 0 fully saturated rings. The molecule has 0 unspecified atom stereocenters. The van der Waals surface area contributed by atoms with E-state index in [1.165, 1.54) is 0 Å². The predicted molar refractivity (Wildman–Crippen MR) is 263 cm³/mol. The van der Waals surface area contributed by atoms with Gasteiger partial charge in [-0.15, -0.1) is 0 Å². The Bertz CT molecular complexity index is 1920. The highest BCUT2D eigenvalue weighted by molar-refractivity contribution is 7.80. The third kappa shape index (κ3) is 27.3. The Kier molecular flexibility index (Phi) is 30.6. The highest BCUT2D eigenvalue weighted by Gasteiger charge is 2.34. The number of carboxylic acids is 1. The number of amides is 10. The Morgan fingerprint density at radius 2 is 0.972 bits per heavy atom. The summed E-state index contributed by atoms with van der Waals surface area (Å²) in [5.74, 6) is -12.5. The molecule has 0 rings (SSSR count). The van der Waals surface area contributed by atoms with Crippen LogP contribution in [-0.2, 0) is 52.7 Å². The lowest BCUT2D eigenvalue weighted by Crippen LogP contribution is -2.60. The topological polar surface area (TPSA) is 531 Å². The monoisotopic (exact) mass is 1050 g/mol. The van der Waals surface area contributed by atoms with Crippen molar-refractivity contribution in [3.63, 3.8) is 0 Å². The summed E-state index contributed by atoms with van der Waals surface area (Å²) < 4.78 is 0. The van der Waals surface area contributed by atoms with Crippen molar-refractivity contribution >= 4 is 102 Å². The first kappa shape index (κ1) is 64.3. The van der Waals surface area contributed by atoms with E-state index in [0.717, 1.165) is 6.92 Å². The zero-order valence-electron chi connectivity index (χ0n) is 39.7. The highest BCUT2D eigenvalue weighted by atomic mass is 32.1. The van der Waals surface area contributed by atoms with Crippen LogP contribution in [0.3, 0.4) is 0 Å². The zero-order valence-corrected chi connectivity index (χ0v) is 41.5. The number of guanidine groups is 2. The van der Waals surface area contributed by atoms with Gasteiger partial charge < -0.3 is 92.9 Å². The van der Waals surface area contributed by atoms with Crippen molar-refractivity contribution in [1.82, 2.24) is 42.5 Å². The SMILES string of the molecule is CC(C)C[C@H](NC(=O)[C@@H](NC(=O)CNC(=O)[C@H](CC(N)=O)NC(=O)[C@H](CCCN=C(N)N)NC(=O)[C@H](CCC(N)=O)NC(=O)[C@H](CCCN=C(N)N)NC(=O)[C@@H](N)CS)[C@@H](C)O)C(=O)N[C@@H](CS)C(=O)O. The van der Waals surface area contributed by atoms with Crippen LogP contribution < -0.4 is 82.7 Å². The van der Waals surface area contributed by atoms with Gasteiger partial charge in [0.1, 0.15) is 42.3 Å². The van der Waals surface area contributed by atoms with E-state index >= 15 is 0 Å². The summed E-state index contributed by atoms with van der Waals surface area (Å²) in [4.78, 5) is 150. The molecule has 0 radical (unpaired) electrons. The Labute approximate surface area is 420 Å². The molecule has 32 heteroatoms. The quantitative estimate of drug-likeness (QED) is 0.0121. The summed E-state index contributed by atoms with van der Waals surface area (Å²) in [5.41, 5.74) is 38.0. The first-order valence-electron chi connectivity index (χ1n) is 22.1. The van der Waals surface area contributed by atoms with Crippen LogP contribution in [0.4, 0.5) is 0 Å². The number of aliphatic hydroxyl groups is 1. The van der Waals surface area contributed by atoms with Crippen LogP contribution in [0, 0.1) is 5.92 Å². The van der Waals surface area contributed by atoms with Gasteiger partial charge in [-0.1, -0.05) is 13.8 Å². The van der Waals surface area contributed by atoms with Gasteiger partial charge in [0.2, 0.25) is 59.1 Å². The number of aliphatic hydroxyl groups excluding tert-OH is 1. The minimum absolute atomic E-state index is 0.0101. The standard InChI is InChI=1S/C39H71N17O13S2/c1-17(2)12-23(35(66)55-25(16-71)37(68)69)54-36(67)29(18(3)57)56-28(60)14-49-31(62)24(13-27(42)59)53-33(64)21(7-5-11-48-39(45)46)51-34(65)22(8-9-26(41)58)52-32(63)20(6-4-10-47-38(43)44)50-30(61)19(40)15-70/h17-25,29,57,70-71H,4-16,40H2,1-3H3,(H2,41,58)(H2,42,59)(H,49,62)(H,50,61)(H,51,65)(H,52,63)(H,53,64)(H,54,67)(H,55,66)(H,56,60)(H,68,69)(H4,43,44,47)(H4,45,46,48)/t18-,19+,20+,21+,22+,23+,24+,25+,29+/m1/s1. The number of carboxylic acid groups (broad SMARTS) is 1.